The largest absolute Gasteiger partial charge is 0.317 e. The number of rotatable bonds is 9. The van der Waals surface area contributed by atoms with Crippen molar-refractivity contribution in [3.8, 4) is 12.1 Å². The van der Waals surface area contributed by atoms with Crippen LogP contribution in [-0.4, -0.2) is 34.7 Å². The Labute approximate surface area is 243 Å². The molecule has 2 atom stereocenters. The summed E-state index contributed by atoms with van der Waals surface area (Å²) in [4.78, 5) is 30.4. The molecular formula is C32H24Cl2N4O2. The molecule has 0 fully saturated rings. The summed E-state index contributed by atoms with van der Waals surface area (Å²) in [7, 11) is 0. The molecule has 4 aromatic carbocycles. The molecule has 0 saturated carbocycles. The van der Waals surface area contributed by atoms with Gasteiger partial charge in [-0.05, 0) is 59.7 Å². The predicted octanol–water partition coefficient (Wildman–Crippen LogP) is 7.11. The number of carbonyl (C=O) groups is 2. The Morgan fingerprint density at radius 1 is 0.575 bits per heavy atom. The Bertz CT molecular complexity index is 1410. The Kier molecular flexibility index (Phi) is 9.54. The number of halogens is 2. The fraction of sp³-hybridized carbons (Fsp3) is 0.125. The highest BCUT2D eigenvalue weighted by molar-refractivity contribution is 6.31. The van der Waals surface area contributed by atoms with Gasteiger partial charge in [0.2, 0.25) is 0 Å². The molecule has 2 amide bonds. The van der Waals surface area contributed by atoms with E-state index in [-0.39, 0.29) is 13.1 Å². The Morgan fingerprint density at radius 3 is 1.20 bits per heavy atom. The minimum Gasteiger partial charge on any atom is -0.317 e. The molecule has 0 aliphatic heterocycles. The van der Waals surface area contributed by atoms with E-state index in [4.69, 9.17) is 23.2 Å². The first-order valence-corrected chi connectivity index (χ1v) is 13.2. The highest BCUT2D eigenvalue weighted by atomic mass is 35.5. The normalized spacial score (nSPS) is 11.9. The number of hydrogen-bond donors (Lipinski definition) is 0. The maximum absolute atomic E-state index is 13.8. The third-order valence-electron chi connectivity index (χ3n) is 6.38. The van der Waals surface area contributed by atoms with Crippen LogP contribution in [-0.2, 0) is 0 Å². The zero-order valence-electron chi connectivity index (χ0n) is 21.3. The molecular weight excluding hydrogens is 543 g/mol. The van der Waals surface area contributed by atoms with E-state index in [1.165, 1.54) is 9.80 Å². The Hall–Kier alpha value is -4.62. The van der Waals surface area contributed by atoms with Gasteiger partial charge in [-0.3, -0.25) is 9.59 Å². The van der Waals surface area contributed by atoms with Gasteiger partial charge < -0.3 is 9.80 Å². The van der Waals surface area contributed by atoms with Crippen molar-refractivity contribution in [3.05, 3.63) is 141 Å². The number of hydrogen-bond acceptors (Lipinski definition) is 4. The molecule has 40 heavy (non-hydrogen) atoms. The summed E-state index contributed by atoms with van der Waals surface area (Å²) in [6.45, 7) is -0.0299. The quantitative estimate of drug-likeness (QED) is 0.216. The van der Waals surface area contributed by atoms with E-state index in [1.807, 2.05) is 12.1 Å². The number of benzene rings is 4. The molecule has 0 aliphatic rings. The molecule has 8 heteroatoms. The summed E-state index contributed by atoms with van der Waals surface area (Å²) in [6.07, 6.45) is 0. The zero-order valence-corrected chi connectivity index (χ0v) is 22.8. The van der Waals surface area contributed by atoms with Gasteiger partial charge in [-0.25, -0.2) is 0 Å². The van der Waals surface area contributed by atoms with Crippen molar-refractivity contribution in [1.29, 1.82) is 10.5 Å². The molecule has 0 spiro atoms. The zero-order chi connectivity index (χ0) is 28.5. The van der Waals surface area contributed by atoms with Gasteiger partial charge in [0.05, 0.1) is 12.1 Å². The van der Waals surface area contributed by atoms with Crippen LogP contribution < -0.4 is 0 Å². The van der Waals surface area contributed by atoms with Gasteiger partial charge >= 0.3 is 0 Å². The van der Waals surface area contributed by atoms with E-state index in [0.717, 1.165) is 0 Å². The molecule has 4 rings (SSSR count). The standard InChI is InChI=1S/C32H24Cl2N4O2/c33-27-15-11-25(12-16-27)31(39)37(29(21-35)23-7-3-1-4-8-23)19-20-38(30(22-36)24-9-5-2-6-10-24)32(40)26-13-17-28(34)18-14-26/h1-18,29-30H,19-20H2. The molecule has 0 aromatic heterocycles. The molecule has 0 bridgehead atoms. The van der Waals surface area contributed by atoms with Crippen molar-refractivity contribution in [1.82, 2.24) is 9.80 Å². The first-order valence-electron chi connectivity index (χ1n) is 12.4. The Balaban J connectivity index is 1.73. The van der Waals surface area contributed by atoms with Gasteiger partial charge in [-0.2, -0.15) is 10.5 Å². The van der Waals surface area contributed by atoms with E-state index in [9.17, 15) is 20.1 Å². The van der Waals surface area contributed by atoms with Crippen LogP contribution in [0.4, 0.5) is 0 Å². The van der Waals surface area contributed by atoms with Crippen molar-refractivity contribution in [2.45, 2.75) is 12.1 Å². The average molecular weight is 567 g/mol. The summed E-state index contributed by atoms with van der Waals surface area (Å²) >= 11 is 12.1. The molecule has 4 aromatic rings. The summed E-state index contributed by atoms with van der Waals surface area (Å²) in [5, 5.41) is 21.3. The second-order valence-corrected chi connectivity index (χ2v) is 9.77. The van der Waals surface area contributed by atoms with Crippen molar-refractivity contribution in [3.63, 3.8) is 0 Å². The van der Waals surface area contributed by atoms with Crippen LogP contribution >= 0.6 is 23.2 Å². The fourth-order valence-corrected chi connectivity index (χ4v) is 4.60. The van der Waals surface area contributed by atoms with Crippen LogP contribution in [0.5, 0.6) is 0 Å². The van der Waals surface area contributed by atoms with Crippen molar-refractivity contribution in [2.24, 2.45) is 0 Å². The topological polar surface area (TPSA) is 88.2 Å². The molecule has 2 unspecified atom stereocenters. The first kappa shape index (κ1) is 28.4. The van der Waals surface area contributed by atoms with Crippen LogP contribution in [0.1, 0.15) is 43.9 Å². The maximum Gasteiger partial charge on any atom is 0.255 e. The van der Waals surface area contributed by atoms with E-state index in [1.54, 1.807) is 97.1 Å². The number of nitrogens with zero attached hydrogens (tertiary/aromatic N) is 4. The van der Waals surface area contributed by atoms with Gasteiger partial charge in [0.1, 0.15) is 12.1 Å². The SMILES string of the molecule is N#CC(c1ccccc1)N(CCN(C(=O)c1ccc(Cl)cc1)C(C#N)c1ccccc1)C(=O)c1ccc(Cl)cc1. The van der Waals surface area contributed by atoms with E-state index in [0.29, 0.717) is 32.3 Å². The van der Waals surface area contributed by atoms with Crippen LogP contribution in [0.3, 0.4) is 0 Å². The molecule has 0 heterocycles. The van der Waals surface area contributed by atoms with Crippen molar-refractivity contribution >= 4 is 35.0 Å². The van der Waals surface area contributed by atoms with Crippen LogP contribution in [0.2, 0.25) is 10.0 Å². The van der Waals surface area contributed by atoms with Crippen LogP contribution in [0, 0.1) is 22.7 Å². The van der Waals surface area contributed by atoms with Gasteiger partial charge in [-0.15, -0.1) is 0 Å². The fourth-order valence-electron chi connectivity index (χ4n) is 4.35. The second kappa shape index (κ2) is 13.4. The van der Waals surface area contributed by atoms with Crippen LogP contribution in [0.25, 0.3) is 0 Å². The monoisotopic (exact) mass is 566 g/mol. The van der Waals surface area contributed by atoms with E-state index < -0.39 is 23.9 Å². The van der Waals surface area contributed by atoms with Gasteiger partial charge in [0.15, 0.2) is 0 Å². The predicted molar refractivity (Wildman–Crippen MR) is 155 cm³/mol. The average Bonchev–Trinajstić information content (AvgIpc) is 2.99. The van der Waals surface area contributed by atoms with Crippen LogP contribution in [0.15, 0.2) is 109 Å². The number of amides is 2. The third-order valence-corrected chi connectivity index (χ3v) is 6.89. The minimum atomic E-state index is -0.936. The van der Waals surface area contributed by atoms with E-state index >= 15 is 0 Å². The second-order valence-electron chi connectivity index (χ2n) is 8.90. The van der Waals surface area contributed by atoms with E-state index in [2.05, 4.69) is 12.1 Å². The smallest absolute Gasteiger partial charge is 0.255 e. The lowest BCUT2D eigenvalue weighted by Gasteiger charge is -2.33. The summed E-state index contributed by atoms with van der Waals surface area (Å²) in [5.74, 6) is -0.807. The van der Waals surface area contributed by atoms with Gasteiger partial charge in [-0.1, -0.05) is 83.9 Å². The molecule has 198 valence electrons. The highest BCUT2D eigenvalue weighted by Crippen LogP contribution is 2.26. The molecule has 0 saturated heterocycles. The summed E-state index contributed by atoms with van der Waals surface area (Å²) in [6, 6.07) is 33.3. The molecule has 0 N–H and O–H groups in total. The number of nitriles is 2. The minimum absolute atomic E-state index is 0.0150. The lowest BCUT2D eigenvalue weighted by atomic mass is 10.0. The lowest BCUT2D eigenvalue weighted by molar-refractivity contribution is 0.0605. The summed E-state index contributed by atoms with van der Waals surface area (Å²) in [5.41, 5.74) is 1.94. The molecule has 6 nitrogen and oxygen atoms in total. The van der Waals surface area contributed by atoms with Gasteiger partial charge in [0, 0.05) is 34.3 Å². The first-order chi connectivity index (χ1) is 19.4. The molecule has 0 aliphatic carbocycles. The van der Waals surface area contributed by atoms with Gasteiger partial charge in [0.25, 0.3) is 11.8 Å². The van der Waals surface area contributed by atoms with Crippen molar-refractivity contribution in [2.75, 3.05) is 13.1 Å². The third kappa shape index (κ3) is 6.68. The lowest BCUT2D eigenvalue weighted by Crippen LogP contribution is -2.43. The Morgan fingerprint density at radius 2 is 0.900 bits per heavy atom. The number of carbonyl (C=O) groups excluding carboxylic acids is 2. The highest BCUT2D eigenvalue weighted by Gasteiger charge is 2.31. The van der Waals surface area contributed by atoms with Crippen molar-refractivity contribution < 1.29 is 9.59 Å². The maximum atomic E-state index is 13.8. The summed E-state index contributed by atoms with van der Waals surface area (Å²) < 4.78 is 0. The molecule has 0 radical (unpaired) electrons.